The maximum Gasteiger partial charge on any atom is 0.270 e. The zero-order valence-electron chi connectivity index (χ0n) is 9.91. The zero-order chi connectivity index (χ0) is 15.1. The van der Waals surface area contributed by atoms with Gasteiger partial charge in [0, 0.05) is 11.2 Å². The Kier molecular flexibility index (Phi) is 6.32. The van der Waals surface area contributed by atoms with Crippen LogP contribution in [0.2, 0.25) is 10.0 Å². The normalized spacial score (nSPS) is 10.6. The minimum Gasteiger partial charge on any atom is -0.359 e. The number of benzene rings is 1. The number of hydrogen-bond acceptors (Lipinski definition) is 4. The lowest BCUT2D eigenvalue weighted by Gasteiger charge is -2.05. The molecule has 0 aliphatic heterocycles. The van der Waals surface area contributed by atoms with Crippen molar-refractivity contribution >= 4 is 52.3 Å². The molecule has 5 nitrogen and oxygen atoms in total. The van der Waals surface area contributed by atoms with E-state index in [-0.39, 0.29) is 11.5 Å². The van der Waals surface area contributed by atoms with Gasteiger partial charge in [-0.05, 0) is 18.2 Å². The standard InChI is InChI=1S/C12H8Cl3N3O2/c13-4-11(19)18-12(20)7(5-16)6-17-10-2-1-8(14)3-9(10)15/h1-3,6,17H,4H2,(H,18,19,20). The van der Waals surface area contributed by atoms with E-state index in [1.165, 1.54) is 6.07 Å². The van der Waals surface area contributed by atoms with Gasteiger partial charge in [-0.3, -0.25) is 14.9 Å². The van der Waals surface area contributed by atoms with Gasteiger partial charge in [-0.2, -0.15) is 5.26 Å². The Labute approximate surface area is 130 Å². The molecule has 0 unspecified atom stereocenters. The Bertz CT molecular complexity index is 608. The fourth-order valence-electron chi connectivity index (χ4n) is 1.13. The average molecular weight is 333 g/mol. The Balaban J connectivity index is 2.83. The zero-order valence-corrected chi connectivity index (χ0v) is 12.2. The van der Waals surface area contributed by atoms with E-state index in [1.807, 2.05) is 5.32 Å². The fourth-order valence-corrected chi connectivity index (χ4v) is 1.66. The summed E-state index contributed by atoms with van der Waals surface area (Å²) in [5.41, 5.74) is 0.162. The maximum atomic E-state index is 11.5. The number of anilines is 1. The smallest absolute Gasteiger partial charge is 0.270 e. The SMILES string of the molecule is N#CC(=CNc1ccc(Cl)cc1Cl)C(=O)NC(=O)CCl. The summed E-state index contributed by atoms with van der Waals surface area (Å²) in [5, 5.41) is 14.3. The van der Waals surface area contributed by atoms with Gasteiger partial charge < -0.3 is 5.32 Å². The molecule has 0 radical (unpaired) electrons. The summed E-state index contributed by atoms with van der Waals surface area (Å²) in [4.78, 5) is 22.5. The molecule has 0 aromatic heterocycles. The molecule has 0 bridgehead atoms. The molecule has 8 heteroatoms. The number of nitrogens with one attached hydrogen (secondary N) is 2. The van der Waals surface area contributed by atoms with E-state index in [4.69, 9.17) is 40.1 Å². The van der Waals surface area contributed by atoms with E-state index in [1.54, 1.807) is 18.2 Å². The number of carbonyl (C=O) groups excluding carboxylic acids is 2. The predicted octanol–water partition coefficient (Wildman–Crippen LogP) is 2.69. The molecule has 0 saturated heterocycles. The van der Waals surface area contributed by atoms with Gasteiger partial charge in [-0.15, -0.1) is 11.6 Å². The van der Waals surface area contributed by atoms with Crippen molar-refractivity contribution in [1.29, 1.82) is 5.26 Å². The molecule has 1 aromatic carbocycles. The summed E-state index contributed by atoms with van der Waals surface area (Å²) < 4.78 is 0. The van der Waals surface area contributed by atoms with Crippen molar-refractivity contribution < 1.29 is 9.59 Å². The number of carbonyl (C=O) groups is 2. The average Bonchev–Trinajstić information content (AvgIpc) is 2.41. The van der Waals surface area contributed by atoms with Crippen molar-refractivity contribution in [2.75, 3.05) is 11.2 Å². The molecule has 2 amide bonds. The molecule has 2 N–H and O–H groups in total. The predicted molar refractivity (Wildman–Crippen MR) is 77.7 cm³/mol. The largest absolute Gasteiger partial charge is 0.359 e. The van der Waals surface area contributed by atoms with Gasteiger partial charge >= 0.3 is 0 Å². The van der Waals surface area contributed by atoms with E-state index >= 15 is 0 Å². The van der Waals surface area contributed by atoms with Gasteiger partial charge in [-0.25, -0.2) is 0 Å². The Morgan fingerprint density at radius 2 is 2.05 bits per heavy atom. The molecule has 1 rings (SSSR count). The molecular formula is C12H8Cl3N3O2. The van der Waals surface area contributed by atoms with E-state index in [2.05, 4.69) is 5.32 Å². The van der Waals surface area contributed by atoms with Crippen molar-refractivity contribution in [3.05, 3.63) is 40.0 Å². The summed E-state index contributed by atoms with van der Waals surface area (Å²) in [6.07, 6.45) is 1.13. The summed E-state index contributed by atoms with van der Waals surface area (Å²) in [6, 6.07) is 6.33. The van der Waals surface area contributed by atoms with Crippen molar-refractivity contribution in [3.8, 4) is 6.07 Å². The first-order valence-corrected chi connectivity index (χ1v) is 6.49. The molecule has 0 saturated carbocycles. The molecule has 0 atom stereocenters. The highest BCUT2D eigenvalue weighted by atomic mass is 35.5. The Morgan fingerprint density at radius 3 is 2.60 bits per heavy atom. The van der Waals surface area contributed by atoms with Crippen LogP contribution in [0.5, 0.6) is 0 Å². The first-order valence-electron chi connectivity index (χ1n) is 5.20. The van der Waals surface area contributed by atoms with Crippen LogP contribution in [0.1, 0.15) is 0 Å². The van der Waals surface area contributed by atoms with Crippen LogP contribution in [0, 0.1) is 11.3 Å². The minimum absolute atomic E-state index is 0.297. The number of amides is 2. The first kappa shape index (κ1) is 16.3. The second-order valence-electron chi connectivity index (χ2n) is 3.45. The minimum atomic E-state index is -0.851. The number of imide groups is 1. The quantitative estimate of drug-likeness (QED) is 0.504. The molecular weight excluding hydrogens is 325 g/mol. The maximum absolute atomic E-state index is 11.5. The van der Waals surface area contributed by atoms with Crippen LogP contribution in [0.4, 0.5) is 5.69 Å². The van der Waals surface area contributed by atoms with Crippen LogP contribution < -0.4 is 10.6 Å². The molecule has 0 fully saturated rings. The summed E-state index contributed by atoms with van der Waals surface area (Å²) >= 11 is 16.9. The van der Waals surface area contributed by atoms with E-state index in [9.17, 15) is 9.59 Å². The number of nitrogens with zero attached hydrogens (tertiary/aromatic N) is 1. The number of alkyl halides is 1. The highest BCUT2D eigenvalue weighted by Gasteiger charge is 2.12. The molecule has 0 heterocycles. The van der Waals surface area contributed by atoms with Gasteiger partial charge in [0.15, 0.2) is 0 Å². The second kappa shape index (κ2) is 7.75. The van der Waals surface area contributed by atoms with Crippen LogP contribution in [0.15, 0.2) is 30.0 Å². The molecule has 20 heavy (non-hydrogen) atoms. The molecule has 0 aliphatic carbocycles. The summed E-state index contributed by atoms with van der Waals surface area (Å²) in [7, 11) is 0. The van der Waals surface area contributed by atoms with Gasteiger partial charge in [0.1, 0.15) is 17.5 Å². The van der Waals surface area contributed by atoms with Crippen molar-refractivity contribution in [1.82, 2.24) is 5.32 Å². The van der Waals surface area contributed by atoms with Crippen LogP contribution in [-0.2, 0) is 9.59 Å². The fraction of sp³-hybridized carbons (Fsp3) is 0.0833. The lowest BCUT2D eigenvalue weighted by atomic mass is 10.2. The van der Waals surface area contributed by atoms with Crippen LogP contribution >= 0.6 is 34.8 Å². The Morgan fingerprint density at radius 1 is 1.35 bits per heavy atom. The number of nitriles is 1. The second-order valence-corrected chi connectivity index (χ2v) is 4.56. The monoisotopic (exact) mass is 331 g/mol. The van der Waals surface area contributed by atoms with Crippen LogP contribution in [0.25, 0.3) is 0 Å². The number of hydrogen-bond donors (Lipinski definition) is 2. The summed E-state index contributed by atoms with van der Waals surface area (Å²) in [6.45, 7) is 0. The highest BCUT2D eigenvalue weighted by molar-refractivity contribution is 6.36. The molecule has 1 aromatic rings. The van der Waals surface area contributed by atoms with E-state index < -0.39 is 11.8 Å². The summed E-state index contributed by atoms with van der Waals surface area (Å²) in [5.74, 6) is -1.92. The molecule has 0 spiro atoms. The Hall–Kier alpha value is -1.74. The van der Waals surface area contributed by atoms with Crippen LogP contribution in [-0.4, -0.2) is 17.7 Å². The van der Waals surface area contributed by atoms with Crippen molar-refractivity contribution in [2.24, 2.45) is 0 Å². The lowest BCUT2D eigenvalue weighted by molar-refractivity contribution is -0.126. The van der Waals surface area contributed by atoms with Gasteiger partial charge in [0.25, 0.3) is 5.91 Å². The number of halogens is 3. The third-order valence-electron chi connectivity index (χ3n) is 2.04. The topological polar surface area (TPSA) is 82.0 Å². The van der Waals surface area contributed by atoms with E-state index in [0.717, 1.165) is 6.20 Å². The highest BCUT2D eigenvalue weighted by Crippen LogP contribution is 2.25. The van der Waals surface area contributed by atoms with Gasteiger partial charge in [0.05, 0.1) is 10.7 Å². The van der Waals surface area contributed by atoms with Crippen LogP contribution in [0.3, 0.4) is 0 Å². The van der Waals surface area contributed by atoms with Crippen molar-refractivity contribution in [3.63, 3.8) is 0 Å². The third kappa shape index (κ3) is 4.74. The van der Waals surface area contributed by atoms with E-state index in [0.29, 0.717) is 15.7 Å². The first-order chi connectivity index (χ1) is 9.47. The van der Waals surface area contributed by atoms with Gasteiger partial charge in [-0.1, -0.05) is 23.2 Å². The molecule has 104 valence electrons. The lowest BCUT2D eigenvalue weighted by Crippen LogP contribution is -2.32. The molecule has 0 aliphatic rings. The number of rotatable bonds is 4. The third-order valence-corrected chi connectivity index (χ3v) is 2.83. The van der Waals surface area contributed by atoms with Gasteiger partial charge in [0.2, 0.25) is 5.91 Å². The van der Waals surface area contributed by atoms with Crippen molar-refractivity contribution in [2.45, 2.75) is 0 Å².